The van der Waals surface area contributed by atoms with Crippen molar-refractivity contribution in [1.82, 2.24) is 0 Å². The van der Waals surface area contributed by atoms with E-state index in [1.807, 2.05) is 13.8 Å². The van der Waals surface area contributed by atoms with Gasteiger partial charge in [-0.25, -0.2) is 0 Å². The van der Waals surface area contributed by atoms with Crippen molar-refractivity contribution < 1.29 is 19.3 Å². The average molecular weight is 206 g/mol. The van der Waals surface area contributed by atoms with E-state index in [0.717, 1.165) is 6.42 Å². The highest BCUT2D eigenvalue weighted by molar-refractivity contribution is 4.66. The monoisotopic (exact) mass is 206 g/mol. The Labute approximate surface area is 86.2 Å². The molecule has 4 nitrogen and oxygen atoms in total. The van der Waals surface area contributed by atoms with Crippen molar-refractivity contribution in [3.05, 3.63) is 0 Å². The molecule has 0 aliphatic heterocycles. The van der Waals surface area contributed by atoms with Gasteiger partial charge in [-0.1, -0.05) is 0 Å². The van der Waals surface area contributed by atoms with Crippen LogP contribution in [0.3, 0.4) is 0 Å². The van der Waals surface area contributed by atoms with Gasteiger partial charge >= 0.3 is 0 Å². The minimum absolute atomic E-state index is 0.161. The lowest BCUT2D eigenvalue weighted by atomic mass is 10.1. The van der Waals surface area contributed by atoms with Crippen molar-refractivity contribution in [1.29, 1.82) is 0 Å². The fourth-order valence-corrected chi connectivity index (χ4v) is 0.880. The second-order valence-corrected chi connectivity index (χ2v) is 3.90. The summed E-state index contributed by atoms with van der Waals surface area (Å²) in [6, 6.07) is 0. The van der Waals surface area contributed by atoms with Gasteiger partial charge in [0.2, 0.25) is 0 Å². The Hall–Kier alpha value is -0.160. The Morgan fingerprint density at radius 2 is 1.86 bits per heavy atom. The quantitative estimate of drug-likeness (QED) is 0.597. The molecule has 0 aromatic heterocycles. The molecule has 14 heavy (non-hydrogen) atoms. The molecule has 0 rings (SSSR count). The van der Waals surface area contributed by atoms with Gasteiger partial charge in [0.25, 0.3) is 0 Å². The lowest BCUT2D eigenvalue weighted by Gasteiger charge is -2.22. The maximum Gasteiger partial charge on any atom is 0.101 e. The molecule has 0 aliphatic rings. The van der Waals surface area contributed by atoms with E-state index in [1.165, 1.54) is 0 Å². The largest absolute Gasteiger partial charge is 0.388 e. The first kappa shape index (κ1) is 13.8. The van der Waals surface area contributed by atoms with E-state index in [-0.39, 0.29) is 5.60 Å². The third kappa shape index (κ3) is 7.26. The van der Waals surface area contributed by atoms with Crippen LogP contribution in [0, 0.1) is 0 Å². The van der Waals surface area contributed by atoms with Crippen LogP contribution in [-0.4, -0.2) is 50.9 Å². The highest BCUT2D eigenvalue weighted by Crippen LogP contribution is 2.12. The molecule has 86 valence electrons. The molecule has 0 aromatic carbocycles. The Morgan fingerprint density at radius 3 is 2.36 bits per heavy atom. The van der Waals surface area contributed by atoms with Gasteiger partial charge in [0, 0.05) is 20.8 Å². The summed E-state index contributed by atoms with van der Waals surface area (Å²) >= 11 is 0. The van der Waals surface area contributed by atoms with Crippen LogP contribution >= 0.6 is 0 Å². The fourth-order valence-electron chi connectivity index (χ4n) is 0.880. The van der Waals surface area contributed by atoms with Crippen molar-refractivity contribution in [2.45, 2.75) is 32.0 Å². The Morgan fingerprint density at radius 1 is 1.21 bits per heavy atom. The van der Waals surface area contributed by atoms with Gasteiger partial charge < -0.3 is 19.3 Å². The summed E-state index contributed by atoms with van der Waals surface area (Å²) in [5.41, 5.74) is -0.161. The van der Waals surface area contributed by atoms with Gasteiger partial charge in [0.15, 0.2) is 0 Å². The van der Waals surface area contributed by atoms with E-state index in [4.69, 9.17) is 14.2 Å². The first-order valence-electron chi connectivity index (χ1n) is 4.81. The number of aliphatic hydroxyl groups excluding tert-OH is 1. The molecule has 0 aromatic rings. The third-order valence-electron chi connectivity index (χ3n) is 2.07. The number of hydrogen-bond acceptors (Lipinski definition) is 4. The number of hydrogen-bond donors (Lipinski definition) is 1. The van der Waals surface area contributed by atoms with Gasteiger partial charge in [-0.15, -0.1) is 0 Å². The maximum absolute atomic E-state index is 9.25. The van der Waals surface area contributed by atoms with Crippen LogP contribution < -0.4 is 0 Å². The first-order valence-corrected chi connectivity index (χ1v) is 4.81. The molecule has 0 saturated carbocycles. The van der Waals surface area contributed by atoms with Gasteiger partial charge in [-0.05, 0) is 20.3 Å². The van der Waals surface area contributed by atoms with Gasteiger partial charge in [0.05, 0.1) is 18.8 Å². The second kappa shape index (κ2) is 7.17. The SMILES string of the molecule is COCC(O)COCCC(C)(C)OC. The van der Waals surface area contributed by atoms with Crippen LogP contribution in [0.5, 0.6) is 0 Å². The normalized spacial score (nSPS) is 14.4. The molecule has 1 unspecified atom stereocenters. The highest BCUT2D eigenvalue weighted by Gasteiger charge is 2.15. The lowest BCUT2D eigenvalue weighted by molar-refractivity contribution is -0.0371. The zero-order valence-electron chi connectivity index (χ0n) is 9.58. The molecular weight excluding hydrogens is 184 g/mol. The standard InChI is InChI=1S/C10H22O4/c1-10(2,13-4)5-6-14-8-9(11)7-12-3/h9,11H,5-8H2,1-4H3. The predicted octanol–water partition coefficient (Wildman–Crippen LogP) is 0.825. The molecule has 0 heterocycles. The van der Waals surface area contributed by atoms with Crippen LogP contribution in [0.15, 0.2) is 0 Å². The minimum Gasteiger partial charge on any atom is -0.388 e. The van der Waals surface area contributed by atoms with Crippen molar-refractivity contribution >= 4 is 0 Å². The second-order valence-electron chi connectivity index (χ2n) is 3.90. The van der Waals surface area contributed by atoms with E-state index < -0.39 is 6.10 Å². The zero-order valence-corrected chi connectivity index (χ0v) is 9.58. The van der Waals surface area contributed by atoms with Gasteiger partial charge in [-0.2, -0.15) is 0 Å². The van der Waals surface area contributed by atoms with Crippen LogP contribution in [0.4, 0.5) is 0 Å². The Balaban J connectivity index is 3.37. The molecule has 4 heteroatoms. The predicted molar refractivity (Wildman–Crippen MR) is 54.4 cm³/mol. The smallest absolute Gasteiger partial charge is 0.101 e. The van der Waals surface area contributed by atoms with Crippen molar-refractivity contribution in [3.63, 3.8) is 0 Å². The van der Waals surface area contributed by atoms with Crippen LogP contribution in [0.1, 0.15) is 20.3 Å². The van der Waals surface area contributed by atoms with Crippen LogP contribution in [0.25, 0.3) is 0 Å². The average Bonchev–Trinajstić information content (AvgIpc) is 2.13. The molecular formula is C10H22O4. The Kier molecular flexibility index (Phi) is 7.09. The zero-order chi connectivity index (χ0) is 11.0. The number of rotatable bonds is 8. The molecule has 0 aliphatic carbocycles. The molecule has 0 bridgehead atoms. The summed E-state index contributed by atoms with van der Waals surface area (Å²) in [7, 11) is 3.23. The van der Waals surface area contributed by atoms with Crippen molar-refractivity contribution in [2.75, 3.05) is 34.0 Å². The van der Waals surface area contributed by atoms with E-state index in [0.29, 0.717) is 19.8 Å². The molecule has 0 radical (unpaired) electrons. The van der Waals surface area contributed by atoms with Gasteiger partial charge in [-0.3, -0.25) is 0 Å². The molecule has 1 atom stereocenters. The highest BCUT2D eigenvalue weighted by atomic mass is 16.5. The summed E-state index contributed by atoms with van der Waals surface area (Å²) in [5, 5.41) is 9.25. The summed E-state index contributed by atoms with van der Waals surface area (Å²) in [4.78, 5) is 0. The van der Waals surface area contributed by atoms with E-state index in [1.54, 1.807) is 14.2 Å². The minimum atomic E-state index is -0.536. The summed E-state index contributed by atoms with van der Waals surface area (Å²) < 4.78 is 15.3. The lowest BCUT2D eigenvalue weighted by Crippen LogP contribution is -2.26. The molecule has 0 saturated heterocycles. The van der Waals surface area contributed by atoms with Gasteiger partial charge in [0.1, 0.15) is 6.10 Å². The number of ether oxygens (including phenoxy) is 3. The molecule has 0 fully saturated rings. The fraction of sp³-hybridized carbons (Fsp3) is 1.00. The number of methoxy groups -OCH3 is 2. The van der Waals surface area contributed by atoms with Crippen molar-refractivity contribution in [3.8, 4) is 0 Å². The van der Waals surface area contributed by atoms with E-state index in [9.17, 15) is 5.11 Å². The molecule has 0 spiro atoms. The van der Waals surface area contributed by atoms with E-state index in [2.05, 4.69) is 0 Å². The molecule has 0 amide bonds. The van der Waals surface area contributed by atoms with Crippen LogP contribution in [-0.2, 0) is 14.2 Å². The number of aliphatic hydroxyl groups is 1. The van der Waals surface area contributed by atoms with Crippen molar-refractivity contribution in [2.24, 2.45) is 0 Å². The molecule has 1 N–H and O–H groups in total. The third-order valence-corrected chi connectivity index (χ3v) is 2.07. The summed E-state index contributed by atoms with van der Waals surface area (Å²) in [6.45, 7) is 5.22. The maximum atomic E-state index is 9.25. The summed E-state index contributed by atoms with van der Waals surface area (Å²) in [5.74, 6) is 0. The van der Waals surface area contributed by atoms with Crippen LogP contribution in [0.2, 0.25) is 0 Å². The summed E-state index contributed by atoms with van der Waals surface area (Å²) in [6.07, 6.45) is 0.272. The van der Waals surface area contributed by atoms with E-state index >= 15 is 0 Å². The first-order chi connectivity index (χ1) is 6.52. The topological polar surface area (TPSA) is 47.9 Å². The Bertz CT molecular complexity index is 136.